The summed E-state index contributed by atoms with van der Waals surface area (Å²) in [5, 5.41) is 8.71. The lowest BCUT2D eigenvalue weighted by atomic mass is 9.96. The van der Waals surface area contributed by atoms with E-state index in [9.17, 15) is 23.2 Å². The summed E-state index contributed by atoms with van der Waals surface area (Å²) in [6.45, 7) is 3.06. The van der Waals surface area contributed by atoms with Crippen LogP contribution in [0.4, 0.5) is 8.78 Å². The van der Waals surface area contributed by atoms with Crippen LogP contribution in [0.15, 0.2) is 12.1 Å². The fourth-order valence-electron chi connectivity index (χ4n) is 2.31. The minimum absolute atomic E-state index is 0.0404. The van der Waals surface area contributed by atoms with Crippen molar-refractivity contribution in [1.82, 2.24) is 4.90 Å². The number of carbonyl (C=O) groups is 3. The number of hydrogen-bond donors (Lipinski definition) is 1. The molecule has 1 aliphatic heterocycles. The van der Waals surface area contributed by atoms with E-state index in [2.05, 4.69) is 0 Å². The SMILES string of the molecule is CC(C)(CCC(=O)O)N1C(=O)c2cc(F)c(F)cc2C1=O. The van der Waals surface area contributed by atoms with Crippen molar-refractivity contribution in [3.8, 4) is 0 Å². The van der Waals surface area contributed by atoms with Gasteiger partial charge in [0.05, 0.1) is 11.1 Å². The van der Waals surface area contributed by atoms with Crippen molar-refractivity contribution in [3.63, 3.8) is 0 Å². The molecule has 0 unspecified atom stereocenters. The molecule has 0 radical (unpaired) electrons. The van der Waals surface area contributed by atoms with E-state index in [1.807, 2.05) is 0 Å². The van der Waals surface area contributed by atoms with Gasteiger partial charge >= 0.3 is 5.97 Å². The third-order valence-corrected chi connectivity index (χ3v) is 3.48. The van der Waals surface area contributed by atoms with Crippen LogP contribution in [0.25, 0.3) is 0 Å². The van der Waals surface area contributed by atoms with Crippen LogP contribution >= 0.6 is 0 Å². The standard InChI is InChI=1S/C14H13F2NO4/c1-14(2,4-3-11(18)19)17-12(20)7-5-9(15)10(16)6-8(7)13(17)21/h5-6H,3-4H2,1-2H3,(H,18,19). The molecule has 1 aromatic rings. The van der Waals surface area contributed by atoms with E-state index in [1.165, 1.54) is 13.8 Å². The molecule has 0 fully saturated rings. The van der Waals surface area contributed by atoms with Gasteiger partial charge in [0, 0.05) is 12.0 Å². The van der Waals surface area contributed by atoms with Gasteiger partial charge in [-0.15, -0.1) is 0 Å². The predicted molar refractivity (Wildman–Crippen MR) is 67.8 cm³/mol. The Hall–Kier alpha value is -2.31. The van der Waals surface area contributed by atoms with Crippen LogP contribution < -0.4 is 0 Å². The van der Waals surface area contributed by atoms with Gasteiger partial charge in [-0.2, -0.15) is 0 Å². The number of aliphatic carboxylic acids is 1. The Labute approximate surface area is 119 Å². The van der Waals surface area contributed by atoms with Gasteiger partial charge in [0.2, 0.25) is 0 Å². The Morgan fingerprint density at radius 2 is 1.57 bits per heavy atom. The Morgan fingerprint density at radius 1 is 1.14 bits per heavy atom. The summed E-state index contributed by atoms with van der Waals surface area (Å²) in [7, 11) is 0. The number of carboxylic acid groups (broad SMARTS) is 1. The van der Waals surface area contributed by atoms with Crippen LogP contribution in [-0.2, 0) is 4.79 Å². The smallest absolute Gasteiger partial charge is 0.303 e. The van der Waals surface area contributed by atoms with E-state index >= 15 is 0 Å². The molecule has 1 aliphatic rings. The topological polar surface area (TPSA) is 74.7 Å². The molecule has 7 heteroatoms. The molecule has 1 aromatic carbocycles. The number of carbonyl (C=O) groups excluding carboxylic acids is 2. The lowest BCUT2D eigenvalue weighted by molar-refractivity contribution is -0.137. The quantitative estimate of drug-likeness (QED) is 0.865. The van der Waals surface area contributed by atoms with Crippen molar-refractivity contribution in [3.05, 3.63) is 34.9 Å². The first-order valence-electron chi connectivity index (χ1n) is 6.25. The third kappa shape index (κ3) is 2.51. The highest BCUT2D eigenvalue weighted by atomic mass is 19.2. The van der Waals surface area contributed by atoms with E-state index in [4.69, 9.17) is 5.11 Å². The van der Waals surface area contributed by atoms with Gasteiger partial charge in [-0.1, -0.05) is 0 Å². The highest BCUT2D eigenvalue weighted by molar-refractivity contribution is 6.21. The number of rotatable bonds is 4. The van der Waals surface area contributed by atoms with Crippen molar-refractivity contribution in [1.29, 1.82) is 0 Å². The highest BCUT2D eigenvalue weighted by Crippen LogP contribution is 2.32. The zero-order chi connectivity index (χ0) is 15.9. The van der Waals surface area contributed by atoms with Gasteiger partial charge in [-0.25, -0.2) is 8.78 Å². The van der Waals surface area contributed by atoms with Crippen molar-refractivity contribution in [2.24, 2.45) is 0 Å². The molecule has 2 amide bonds. The average molecular weight is 297 g/mol. The van der Waals surface area contributed by atoms with Crippen LogP contribution in [0.3, 0.4) is 0 Å². The Kier molecular flexibility index (Phi) is 3.52. The van der Waals surface area contributed by atoms with Crippen molar-refractivity contribution in [2.75, 3.05) is 0 Å². The van der Waals surface area contributed by atoms with Crippen molar-refractivity contribution in [2.45, 2.75) is 32.2 Å². The summed E-state index contributed by atoms with van der Waals surface area (Å²) in [4.78, 5) is 36.0. The van der Waals surface area contributed by atoms with Crippen molar-refractivity contribution < 1.29 is 28.3 Å². The zero-order valence-electron chi connectivity index (χ0n) is 11.4. The molecule has 0 saturated heterocycles. The number of hydrogen-bond acceptors (Lipinski definition) is 3. The predicted octanol–water partition coefficient (Wildman–Crippen LogP) is 2.20. The van der Waals surface area contributed by atoms with Crippen LogP contribution in [0, 0.1) is 11.6 Å². The van der Waals surface area contributed by atoms with Crippen molar-refractivity contribution >= 4 is 17.8 Å². The number of carboxylic acids is 1. The van der Waals surface area contributed by atoms with Crippen LogP contribution in [-0.4, -0.2) is 33.3 Å². The Morgan fingerprint density at radius 3 is 1.95 bits per heavy atom. The van der Waals surface area contributed by atoms with E-state index in [0.717, 1.165) is 4.90 Å². The summed E-state index contributed by atoms with van der Waals surface area (Å²) in [6.07, 6.45) is -0.193. The normalized spacial score (nSPS) is 14.6. The Balaban J connectivity index is 2.39. The number of imide groups is 1. The molecular weight excluding hydrogens is 284 g/mol. The molecule has 0 atom stereocenters. The highest BCUT2D eigenvalue weighted by Gasteiger charge is 2.44. The maximum Gasteiger partial charge on any atom is 0.303 e. The van der Waals surface area contributed by atoms with Gasteiger partial charge < -0.3 is 5.11 Å². The Bertz CT molecular complexity index is 614. The molecule has 1 heterocycles. The maximum absolute atomic E-state index is 13.2. The van der Waals surface area contributed by atoms with E-state index in [-0.39, 0.29) is 24.0 Å². The minimum Gasteiger partial charge on any atom is -0.481 e. The second-order valence-electron chi connectivity index (χ2n) is 5.46. The molecule has 0 aliphatic carbocycles. The van der Waals surface area contributed by atoms with Gasteiger partial charge in [-0.3, -0.25) is 19.3 Å². The molecule has 0 spiro atoms. The largest absolute Gasteiger partial charge is 0.481 e. The van der Waals surface area contributed by atoms with Crippen LogP contribution in [0.5, 0.6) is 0 Å². The fourth-order valence-corrected chi connectivity index (χ4v) is 2.31. The third-order valence-electron chi connectivity index (χ3n) is 3.48. The van der Waals surface area contributed by atoms with E-state index in [0.29, 0.717) is 12.1 Å². The molecular formula is C14H13F2NO4. The summed E-state index contributed by atoms with van der Waals surface area (Å²) in [6, 6.07) is 1.39. The molecule has 112 valence electrons. The van der Waals surface area contributed by atoms with Gasteiger partial charge in [0.25, 0.3) is 11.8 Å². The number of benzene rings is 1. The first kappa shape index (κ1) is 15.1. The van der Waals surface area contributed by atoms with Gasteiger partial charge in [0.1, 0.15) is 0 Å². The monoisotopic (exact) mass is 297 g/mol. The lowest BCUT2D eigenvalue weighted by Gasteiger charge is -2.33. The molecule has 5 nitrogen and oxygen atoms in total. The summed E-state index contributed by atoms with van der Waals surface area (Å²) in [5.74, 6) is -4.97. The molecule has 21 heavy (non-hydrogen) atoms. The van der Waals surface area contributed by atoms with E-state index in [1.54, 1.807) is 0 Å². The fraction of sp³-hybridized carbons (Fsp3) is 0.357. The first-order chi connectivity index (χ1) is 9.65. The van der Waals surface area contributed by atoms with Crippen LogP contribution in [0.1, 0.15) is 47.4 Å². The first-order valence-corrected chi connectivity index (χ1v) is 6.25. The number of nitrogens with zero attached hydrogens (tertiary/aromatic N) is 1. The molecule has 0 saturated carbocycles. The number of amides is 2. The molecule has 1 N–H and O–H groups in total. The summed E-state index contributed by atoms with van der Waals surface area (Å²) < 4.78 is 26.4. The molecule has 2 rings (SSSR count). The second-order valence-corrected chi connectivity index (χ2v) is 5.46. The number of fused-ring (bicyclic) bond motifs is 1. The van der Waals surface area contributed by atoms with Crippen LogP contribution in [0.2, 0.25) is 0 Å². The molecule has 0 aromatic heterocycles. The average Bonchev–Trinajstić information content (AvgIpc) is 2.61. The lowest BCUT2D eigenvalue weighted by Crippen LogP contribution is -2.47. The number of halogens is 2. The van der Waals surface area contributed by atoms with E-state index < -0.39 is 35.0 Å². The maximum atomic E-state index is 13.2. The van der Waals surface area contributed by atoms with Gasteiger partial charge in [0.15, 0.2) is 11.6 Å². The zero-order valence-corrected chi connectivity index (χ0v) is 11.4. The minimum atomic E-state index is -1.21. The van der Waals surface area contributed by atoms with Gasteiger partial charge in [-0.05, 0) is 32.4 Å². The summed E-state index contributed by atoms with van der Waals surface area (Å²) >= 11 is 0. The second kappa shape index (κ2) is 4.91. The molecule has 0 bridgehead atoms. The summed E-state index contributed by atoms with van der Waals surface area (Å²) in [5.41, 5.74) is -1.48.